The van der Waals surface area contributed by atoms with Gasteiger partial charge in [0.1, 0.15) is 11.9 Å². The molecule has 1 aromatic carbocycles. The lowest BCUT2D eigenvalue weighted by Gasteiger charge is -2.35. The Balaban J connectivity index is 2.21. The molecule has 1 aliphatic rings. The van der Waals surface area contributed by atoms with Crippen LogP contribution in [0.3, 0.4) is 0 Å². The molecule has 1 aromatic rings. The Hall–Kier alpha value is -1.42. The maximum Gasteiger partial charge on any atom is 0.246 e. The predicted molar refractivity (Wildman–Crippen MR) is 79.1 cm³/mol. The van der Waals surface area contributed by atoms with Crippen LogP contribution in [-0.4, -0.2) is 11.4 Å². The number of carbonyl (C=O) groups excluding carboxylic acids is 1. The van der Waals surface area contributed by atoms with Crippen LogP contribution in [0.4, 0.5) is 10.1 Å². The summed E-state index contributed by atoms with van der Waals surface area (Å²) in [7, 11) is 0. The summed E-state index contributed by atoms with van der Waals surface area (Å²) in [6.45, 7) is 10.7. The molecule has 0 spiro atoms. The molecule has 2 N–H and O–H groups in total. The molecule has 20 heavy (non-hydrogen) atoms. The maximum absolute atomic E-state index is 13.2. The summed E-state index contributed by atoms with van der Waals surface area (Å²) in [6, 6.07) is 4.02. The van der Waals surface area contributed by atoms with Crippen LogP contribution in [0.5, 0.6) is 0 Å². The third-order valence-corrected chi connectivity index (χ3v) is 3.35. The van der Waals surface area contributed by atoms with Gasteiger partial charge in [-0.05, 0) is 37.8 Å². The van der Waals surface area contributed by atoms with Crippen molar-refractivity contribution in [2.24, 2.45) is 5.41 Å². The van der Waals surface area contributed by atoms with E-state index in [1.165, 1.54) is 12.1 Å². The molecule has 0 aromatic heterocycles. The number of halogens is 1. The van der Waals surface area contributed by atoms with Crippen LogP contribution in [0.1, 0.15) is 52.6 Å². The summed E-state index contributed by atoms with van der Waals surface area (Å²) in [5.74, 6) is -0.453. The number of nitrogens with one attached hydrogen (secondary N) is 2. The van der Waals surface area contributed by atoms with Gasteiger partial charge in [0.25, 0.3) is 0 Å². The number of benzene rings is 1. The molecule has 1 amide bonds. The summed E-state index contributed by atoms with van der Waals surface area (Å²) >= 11 is 0. The Labute approximate surface area is 120 Å². The first-order chi connectivity index (χ1) is 9.07. The first-order valence-electron chi connectivity index (χ1n) is 6.95. The lowest BCUT2D eigenvalue weighted by atomic mass is 9.81. The lowest BCUT2D eigenvalue weighted by Crippen LogP contribution is -2.46. The Morgan fingerprint density at radius 2 is 1.90 bits per heavy atom. The standard InChI is InChI=1S/C16H23FN2O/c1-15(2,3)9-16(4,5)19-13-11-7-6-10(17)8-12(11)18-14(13)20/h6-8,13,19H,9H2,1-5H3,(H,18,20). The molecule has 1 aliphatic heterocycles. The fourth-order valence-corrected chi connectivity index (χ4v) is 3.15. The Morgan fingerprint density at radius 1 is 1.25 bits per heavy atom. The van der Waals surface area contributed by atoms with E-state index in [1.807, 2.05) is 0 Å². The molecule has 0 saturated carbocycles. The fraction of sp³-hybridized carbons (Fsp3) is 0.562. The van der Waals surface area contributed by atoms with Crippen molar-refractivity contribution >= 4 is 11.6 Å². The van der Waals surface area contributed by atoms with Gasteiger partial charge in [0, 0.05) is 16.8 Å². The van der Waals surface area contributed by atoms with Crippen LogP contribution < -0.4 is 10.6 Å². The topological polar surface area (TPSA) is 41.1 Å². The highest BCUT2D eigenvalue weighted by molar-refractivity contribution is 6.02. The first-order valence-corrected chi connectivity index (χ1v) is 6.95. The molecular formula is C16H23FN2O. The smallest absolute Gasteiger partial charge is 0.246 e. The van der Waals surface area contributed by atoms with Gasteiger partial charge in [-0.2, -0.15) is 0 Å². The van der Waals surface area contributed by atoms with Crippen LogP contribution in [-0.2, 0) is 4.79 Å². The van der Waals surface area contributed by atoms with Crippen molar-refractivity contribution in [2.45, 2.75) is 52.6 Å². The molecule has 3 nitrogen and oxygen atoms in total. The average molecular weight is 278 g/mol. The minimum absolute atomic E-state index is 0.118. The van der Waals surface area contributed by atoms with Gasteiger partial charge in [-0.3, -0.25) is 10.1 Å². The molecule has 0 bridgehead atoms. The average Bonchev–Trinajstić information content (AvgIpc) is 2.50. The second-order valence-corrected chi connectivity index (χ2v) is 7.42. The molecule has 4 heteroatoms. The van der Waals surface area contributed by atoms with Crippen LogP contribution in [0.15, 0.2) is 18.2 Å². The van der Waals surface area contributed by atoms with Gasteiger partial charge in [0.05, 0.1) is 0 Å². The van der Waals surface area contributed by atoms with E-state index in [2.05, 4.69) is 45.3 Å². The van der Waals surface area contributed by atoms with Crippen molar-refractivity contribution in [1.29, 1.82) is 0 Å². The number of anilines is 1. The summed E-state index contributed by atoms with van der Waals surface area (Å²) in [5, 5.41) is 6.13. The third kappa shape index (κ3) is 3.37. The second-order valence-electron chi connectivity index (χ2n) is 7.42. The van der Waals surface area contributed by atoms with E-state index in [9.17, 15) is 9.18 Å². The van der Waals surface area contributed by atoms with Crippen molar-refractivity contribution in [3.63, 3.8) is 0 Å². The van der Waals surface area contributed by atoms with Crippen molar-refractivity contribution in [1.82, 2.24) is 5.32 Å². The first kappa shape index (κ1) is 15.0. The molecule has 1 atom stereocenters. The minimum Gasteiger partial charge on any atom is -0.324 e. The number of fused-ring (bicyclic) bond motifs is 1. The van der Waals surface area contributed by atoms with E-state index in [0.29, 0.717) is 5.69 Å². The van der Waals surface area contributed by atoms with Crippen LogP contribution in [0.2, 0.25) is 0 Å². The Kier molecular flexibility index (Phi) is 3.63. The fourth-order valence-electron chi connectivity index (χ4n) is 3.15. The zero-order valence-corrected chi connectivity index (χ0v) is 12.8. The number of carbonyl (C=O) groups is 1. The lowest BCUT2D eigenvalue weighted by molar-refractivity contribution is -0.118. The number of rotatable bonds is 3. The van der Waals surface area contributed by atoms with E-state index < -0.39 is 6.04 Å². The molecule has 0 aliphatic carbocycles. The molecule has 2 rings (SSSR count). The number of amides is 1. The quantitative estimate of drug-likeness (QED) is 0.886. The molecule has 0 saturated heterocycles. The summed E-state index contributed by atoms with van der Waals surface area (Å²) in [4.78, 5) is 12.1. The highest BCUT2D eigenvalue weighted by Crippen LogP contribution is 2.35. The van der Waals surface area contributed by atoms with E-state index >= 15 is 0 Å². The SMILES string of the molecule is CC(C)(C)CC(C)(C)NC1C(=O)Nc2cc(F)ccc21. The van der Waals surface area contributed by atoms with Crippen LogP contribution in [0.25, 0.3) is 0 Å². The maximum atomic E-state index is 13.2. The predicted octanol–water partition coefficient (Wildman–Crippen LogP) is 3.62. The van der Waals surface area contributed by atoms with E-state index in [4.69, 9.17) is 0 Å². The second kappa shape index (κ2) is 4.85. The summed E-state index contributed by atoms with van der Waals surface area (Å²) in [5.41, 5.74) is 1.37. The van der Waals surface area contributed by atoms with Crippen molar-refractivity contribution in [2.75, 3.05) is 5.32 Å². The van der Waals surface area contributed by atoms with Crippen LogP contribution >= 0.6 is 0 Å². The zero-order chi connectivity index (χ0) is 15.1. The van der Waals surface area contributed by atoms with Gasteiger partial charge >= 0.3 is 0 Å². The van der Waals surface area contributed by atoms with Gasteiger partial charge in [0.2, 0.25) is 5.91 Å². The third-order valence-electron chi connectivity index (χ3n) is 3.35. The van der Waals surface area contributed by atoms with Crippen molar-refractivity contribution < 1.29 is 9.18 Å². The van der Waals surface area contributed by atoms with E-state index in [0.717, 1.165) is 12.0 Å². The molecule has 0 fully saturated rings. The Morgan fingerprint density at radius 3 is 2.50 bits per heavy atom. The van der Waals surface area contributed by atoms with Crippen LogP contribution in [0, 0.1) is 11.2 Å². The minimum atomic E-state index is -0.414. The zero-order valence-electron chi connectivity index (χ0n) is 12.8. The molecule has 110 valence electrons. The normalized spacial score (nSPS) is 18.9. The molecule has 1 heterocycles. The number of hydrogen-bond acceptors (Lipinski definition) is 2. The van der Waals surface area contributed by atoms with Crippen molar-refractivity contribution in [3.05, 3.63) is 29.6 Å². The highest BCUT2D eigenvalue weighted by Gasteiger charge is 2.36. The van der Waals surface area contributed by atoms with E-state index in [1.54, 1.807) is 6.07 Å². The largest absolute Gasteiger partial charge is 0.324 e. The van der Waals surface area contributed by atoms with Gasteiger partial charge in [-0.15, -0.1) is 0 Å². The molecule has 1 unspecified atom stereocenters. The highest BCUT2D eigenvalue weighted by atomic mass is 19.1. The van der Waals surface area contributed by atoms with E-state index in [-0.39, 0.29) is 22.7 Å². The van der Waals surface area contributed by atoms with Gasteiger partial charge in [-0.25, -0.2) is 4.39 Å². The van der Waals surface area contributed by atoms with Gasteiger partial charge in [-0.1, -0.05) is 26.8 Å². The molecular weight excluding hydrogens is 255 g/mol. The monoisotopic (exact) mass is 278 g/mol. The summed E-state index contributed by atoms with van der Waals surface area (Å²) in [6.07, 6.45) is 0.931. The van der Waals surface area contributed by atoms with Crippen molar-refractivity contribution in [3.8, 4) is 0 Å². The molecule has 0 radical (unpaired) electrons. The number of hydrogen-bond donors (Lipinski definition) is 2. The van der Waals surface area contributed by atoms with Gasteiger partial charge in [0.15, 0.2) is 0 Å². The summed E-state index contributed by atoms with van der Waals surface area (Å²) < 4.78 is 13.2. The Bertz CT molecular complexity index is 532. The van der Waals surface area contributed by atoms with Gasteiger partial charge < -0.3 is 5.32 Å².